The lowest BCUT2D eigenvalue weighted by molar-refractivity contribution is 0.0532. The molecular formula is C12H13ClN2O. The molecule has 1 aliphatic heterocycles. The van der Waals surface area contributed by atoms with Crippen LogP contribution in [0.4, 0.5) is 5.69 Å². The molecule has 0 N–H and O–H groups in total. The van der Waals surface area contributed by atoms with Crippen LogP contribution in [0.2, 0.25) is 5.02 Å². The maximum Gasteiger partial charge on any atom is 0.131 e. The minimum absolute atomic E-state index is 0.236. The van der Waals surface area contributed by atoms with Gasteiger partial charge in [0.15, 0.2) is 0 Å². The lowest BCUT2D eigenvalue weighted by atomic mass is 10.2. The summed E-state index contributed by atoms with van der Waals surface area (Å²) in [5, 5.41) is 0.527. The Morgan fingerprint density at radius 2 is 2.50 bits per heavy atom. The number of halogens is 1. The average Bonchev–Trinajstić information content (AvgIpc) is 2.29. The fraction of sp³-hybridized carbons (Fsp3) is 0.417. The lowest BCUT2D eigenvalue weighted by Gasteiger charge is -2.32. The van der Waals surface area contributed by atoms with Crippen molar-refractivity contribution in [3.8, 4) is 12.3 Å². The molecule has 1 aliphatic rings. The van der Waals surface area contributed by atoms with E-state index in [9.17, 15) is 0 Å². The molecule has 1 aromatic heterocycles. The van der Waals surface area contributed by atoms with Gasteiger partial charge in [-0.3, -0.25) is 0 Å². The van der Waals surface area contributed by atoms with E-state index in [1.54, 1.807) is 6.20 Å². The van der Waals surface area contributed by atoms with Crippen molar-refractivity contribution < 1.29 is 4.74 Å². The fourth-order valence-corrected chi connectivity index (χ4v) is 1.98. The van der Waals surface area contributed by atoms with Gasteiger partial charge in [0.25, 0.3) is 0 Å². The minimum atomic E-state index is 0.236. The molecule has 0 spiro atoms. The molecule has 1 saturated heterocycles. The Balaban J connectivity index is 2.21. The van der Waals surface area contributed by atoms with E-state index >= 15 is 0 Å². The number of terminal acetylenes is 1. The van der Waals surface area contributed by atoms with Crippen molar-refractivity contribution in [2.75, 3.05) is 24.6 Å². The predicted octanol–water partition coefficient (Wildman–Crippen LogP) is 1.94. The van der Waals surface area contributed by atoms with Crippen molar-refractivity contribution in [2.45, 2.75) is 13.0 Å². The maximum atomic E-state index is 6.02. The number of ether oxygens (including phenoxy) is 1. The quantitative estimate of drug-likeness (QED) is 0.697. The van der Waals surface area contributed by atoms with Crippen LogP contribution in [-0.4, -0.2) is 30.8 Å². The molecule has 0 saturated carbocycles. The molecule has 0 unspecified atom stereocenters. The summed E-state index contributed by atoms with van der Waals surface area (Å²) in [7, 11) is 0. The summed E-state index contributed by atoms with van der Waals surface area (Å²) in [4.78, 5) is 6.35. The van der Waals surface area contributed by atoms with Gasteiger partial charge in [-0.1, -0.05) is 11.6 Å². The van der Waals surface area contributed by atoms with E-state index in [0.29, 0.717) is 10.7 Å². The summed E-state index contributed by atoms with van der Waals surface area (Å²) in [5.74, 6) is 2.45. The van der Waals surface area contributed by atoms with Gasteiger partial charge in [0.1, 0.15) is 5.69 Å². The van der Waals surface area contributed by atoms with Gasteiger partial charge in [-0.2, -0.15) is 0 Å². The zero-order valence-corrected chi connectivity index (χ0v) is 9.87. The van der Waals surface area contributed by atoms with Gasteiger partial charge in [-0.15, -0.1) is 6.42 Å². The van der Waals surface area contributed by atoms with Gasteiger partial charge in [-0.25, -0.2) is 4.98 Å². The molecular weight excluding hydrogens is 224 g/mol. The third-order valence-electron chi connectivity index (χ3n) is 2.57. The highest BCUT2D eigenvalue weighted by Gasteiger charge is 2.17. The van der Waals surface area contributed by atoms with Gasteiger partial charge in [0, 0.05) is 13.1 Å². The van der Waals surface area contributed by atoms with Gasteiger partial charge >= 0.3 is 0 Å². The number of morpholine rings is 1. The van der Waals surface area contributed by atoms with Crippen LogP contribution in [0.5, 0.6) is 0 Å². The highest BCUT2D eigenvalue weighted by molar-refractivity contribution is 6.31. The standard InChI is InChI=1S/C12H13ClN2O/c1-3-12-11(13)6-10(7-14-12)15-4-5-16-9(2)8-15/h1,6-7,9H,4-5,8H2,2H3/t9-/m0/s1. The van der Waals surface area contributed by atoms with Crippen molar-refractivity contribution >= 4 is 17.3 Å². The van der Waals surface area contributed by atoms with Crippen molar-refractivity contribution in [1.29, 1.82) is 0 Å². The maximum absolute atomic E-state index is 6.02. The zero-order valence-electron chi connectivity index (χ0n) is 9.11. The molecule has 0 aliphatic carbocycles. The van der Waals surface area contributed by atoms with Gasteiger partial charge in [-0.05, 0) is 18.9 Å². The first kappa shape index (κ1) is 11.3. The van der Waals surface area contributed by atoms with Crippen LogP contribution in [0, 0.1) is 12.3 Å². The Morgan fingerprint density at radius 3 is 3.12 bits per heavy atom. The summed E-state index contributed by atoms with van der Waals surface area (Å²) in [6.45, 7) is 4.50. The molecule has 0 radical (unpaired) electrons. The fourth-order valence-electron chi connectivity index (χ4n) is 1.76. The Hall–Kier alpha value is -1.24. The monoisotopic (exact) mass is 236 g/mol. The predicted molar refractivity (Wildman–Crippen MR) is 64.8 cm³/mol. The summed E-state index contributed by atoms with van der Waals surface area (Å²) < 4.78 is 5.48. The molecule has 1 fully saturated rings. The zero-order chi connectivity index (χ0) is 11.5. The van der Waals surface area contributed by atoms with Gasteiger partial charge < -0.3 is 9.64 Å². The summed E-state index contributed by atoms with van der Waals surface area (Å²) in [5.41, 5.74) is 1.49. The molecule has 16 heavy (non-hydrogen) atoms. The van der Waals surface area contributed by atoms with Crippen molar-refractivity contribution in [2.24, 2.45) is 0 Å². The molecule has 0 amide bonds. The largest absolute Gasteiger partial charge is 0.375 e. The lowest BCUT2D eigenvalue weighted by Crippen LogP contribution is -2.41. The van der Waals surface area contributed by atoms with E-state index in [1.165, 1.54) is 0 Å². The van der Waals surface area contributed by atoms with E-state index in [2.05, 4.69) is 22.7 Å². The molecule has 2 heterocycles. The Bertz CT molecular complexity index is 428. The van der Waals surface area contributed by atoms with E-state index in [1.807, 2.05) is 6.07 Å². The van der Waals surface area contributed by atoms with Crippen molar-refractivity contribution in [3.05, 3.63) is 23.0 Å². The molecule has 0 bridgehead atoms. The number of nitrogens with zero attached hydrogens (tertiary/aromatic N) is 2. The molecule has 1 aromatic rings. The van der Waals surface area contributed by atoms with Crippen LogP contribution in [0.3, 0.4) is 0 Å². The van der Waals surface area contributed by atoms with Crippen LogP contribution in [0.1, 0.15) is 12.6 Å². The second-order valence-electron chi connectivity index (χ2n) is 3.80. The first-order valence-corrected chi connectivity index (χ1v) is 5.57. The molecule has 4 heteroatoms. The SMILES string of the molecule is C#Cc1ncc(N2CCO[C@@H](C)C2)cc1Cl. The van der Waals surface area contributed by atoms with Crippen LogP contribution in [0.25, 0.3) is 0 Å². The first-order chi connectivity index (χ1) is 7.70. The number of hydrogen-bond acceptors (Lipinski definition) is 3. The number of pyridine rings is 1. The smallest absolute Gasteiger partial charge is 0.131 e. The number of anilines is 1. The van der Waals surface area contributed by atoms with Crippen molar-refractivity contribution in [3.63, 3.8) is 0 Å². The molecule has 84 valence electrons. The third kappa shape index (κ3) is 2.29. The van der Waals surface area contributed by atoms with Crippen molar-refractivity contribution in [1.82, 2.24) is 4.98 Å². The van der Waals surface area contributed by atoms with Gasteiger partial charge in [0.2, 0.25) is 0 Å². The minimum Gasteiger partial charge on any atom is -0.375 e. The van der Waals surface area contributed by atoms with Crippen LogP contribution < -0.4 is 4.90 Å². The van der Waals surface area contributed by atoms with Gasteiger partial charge in [0.05, 0.1) is 29.6 Å². The van der Waals surface area contributed by atoms with E-state index < -0.39 is 0 Å². The summed E-state index contributed by atoms with van der Waals surface area (Å²) in [6.07, 6.45) is 7.27. The Kier molecular flexibility index (Phi) is 3.33. The third-order valence-corrected chi connectivity index (χ3v) is 2.86. The molecule has 1 atom stereocenters. The Morgan fingerprint density at radius 1 is 1.69 bits per heavy atom. The first-order valence-electron chi connectivity index (χ1n) is 5.19. The number of aromatic nitrogens is 1. The van der Waals surface area contributed by atoms with E-state index in [0.717, 1.165) is 25.4 Å². The summed E-state index contributed by atoms with van der Waals surface area (Å²) >= 11 is 6.02. The topological polar surface area (TPSA) is 25.4 Å². The van der Waals surface area contributed by atoms with E-state index in [4.69, 9.17) is 22.8 Å². The summed E-state index contributed by atoms with van der Waals surface area (Å²) in [6, 6.07) is 1.86. The highest BCUT2D eigenvalue weighted by atomic mass is 35.5. The highest BCUT2D eigenvalue weighted by Crippen LogP contribution is 2.22. The number of rotatable bonds is 1. The molecule has 3 nitrogen and oxygen atoms in total. The van der Waals surface area contributed by atoms with E-state index in [-0.39, 0.29) is 6.10 Å². The molecule has 2 rings (SSSR count). The number of hydrogen-bond donors (Lipinski definition) is 0. The molecule has 0 aromatic carbocycles. The second-order valence-corrected chi connectivity index (χ2v) is 4.20. The average molecular weight is 237 g/mol. The second kappa shape index (κ2) is 4.73. The Labute approximate surface area is 100 Å². The van der Waals surface area contributed by atoms with Crippen LogP contribution in [-0.2, 0) is 4.74 Å². The normalized spacial score (nSPS) is 20.6. The van der Waals surface area contributed by atoms with Crippen LogP contribution >= 0.6 is 11.6 Å². The van der Waals surface area contributed by atoms with Crippen LogP contribution in [0.15, 0.2) is 12.3 Å².